The topological polar surface area (TPSA) is 96.7 Å². The molecule has 0 N–H and O–H groups in total. The average Bonchev–Trinajstić information content (AvgIpc) is 3.10. The number of aryl methyl sites for hydroxylation is 1. The van der Waals surface area contributed by atoms with Crippen LogP contribution < -0.4 is 4.90 Å². The van der Waals surface area contributed by atoms with Crippen LogP contribution in [0.1, 0.15) is 23.6 Å². The van der Waals surface area contributed by atoms with Crippen molar-refractivity contribution < 1.29 is 14.5 Å². The van der Waals surface area contributed by atoms with Crippen molar-refractivity contribution in [3.8, 4) is 0 Å². The number of benzene rings is 2. The Bertz CT molecular complexity index is 1270. The molecule has 0 spiro atoms. The fourth-order valence-corrected chi connectivity index (χ4v) is 4.10. The minimum absolute atomic E-state index is 0.0801. The number of likely N-dealkylation sites (N-methyl/N-ethyl adjacent to an activating group) is 1. The first kappa shape index (κ1) is 22.8. The molecule has 0 aliphatic carbocycles. The first-order valence-electron chi connectivity index (χ1n) is 11.0. The molecule has 0 radical (unpaired) electrons. The van der Waals surface area contributed by atoms with Crippen molar-refractivity contribution in [2.75, 3.05) is 18.0 Å². The van der Waals surface area contributed by atoms with Crippen molar-refractivity contribution in [1.82, 2.24) is 9.88 Å². The molecule has 8 nitrogen and oxygen atoms in total. The van der Waals surface area contributed by atoms with Gasteiger partial charge >= 0.3 is 0 Å². The normalized spacial score (nSPS) is 13.5. The molecule has 2 heterocycles. The Morgan fingerprint density at radius 1 is 0.971 bits per heavy atom. The zero-order chi connectivity index (χ0) is 24.2. The summed E-state index contributed by atoms with van der Waals surface area (Å²) in [5, 5.41) is 11.1. The first-order chi connectivity index (χ1) is 16.4. The average molecular weight is 457 g/mol. The number of non-ortho nitro benzene ring substituents is 1. The Balaban J connectivity index is 1.78. The van der Waals surface area contributed by atoms with E-state index in [1.165, 1.54) is 29.2 Å². The van der Waals surface area contributed by atoms with E-state index < -0.39 is 16.7 Å². The lowest BCUT2D eigenvalue weighted by molar-refractivity contribution is -0.384. The molecule has 2 aromatic carbocycles. The number of carbonyl (C=O) groups excluding carboxylic acids is 2. The van der Waals surface area contributed by atoms with Gasteiger partial charge in [0.2, 0.25) is 0 Å². The summed E-state index contributed by atoms with van der Waals surface area (Å²) in [6.07, 6.45) is 4.11. The number of anilines is 1. The second kappa shape index (κ2) is 9.66. The number of carbonyl (C=O) groups is 2. The van der Waals surface area contributed by atoms with E-state index in [0.29, 0.717) is 36.5 Å². The molecule has 1 aliphatic rings. The SMILES string of the molecule is CCN(CCc1ccncc1)C1=C(c2ccc([N+](=O)[O-])cc2)C(=O)N(c2ccccc2C)C1=O. The molecule has 0 atom stereocenters. The van der Waals surface area contributed by atoms with E-state index >= 15 is 0 Å². The van der Waals surface area contributed by atoms with Crippen LogP contribution in [-0.4, -0.2) is 39.7 Å². The molecule has 8 heteroatoms. The van der Waals surface area contributed by atoms with Gasteiger partial charge in [-0.15, -0.1) is 0 Å². The maximum Gasteiger partial charge on any atom is 0.282 e. The number of hydrogen-bond acceptors (Lipinski definition) is 6. The van der Waals surface area contributed by atoms with Crippen LogP contribution in [0.4, 0.5) is 11.4 Å². The van der Waals surface area contributed by atoms with Gasteiger partial charge in [-0.25, -0.2) is 4.90 Å². The summed E-state index contributed by atoms with van der Waals surface area (Å²) in [5.41, 5.74) is 3.34. The molecule has 4 rings (SSSR count). The summed E-state index contributed by atoms with van der Waals surface area (Å²) in [6.45, 7) is 4.81. The van der Waals surface area contributed by atoms with Crippen molar-refractivity contribution in [2.24, 2.45) is 0 Å². The minimum Gasteiger partial charge on any atom is -0.366 e. The van der Waals surface area contributed by atoms with Crippen molar-refractivity contribution in [3.05, 3.63) is 106 Å². The van der Waals surface area contributed by atoms with E-state index in [4.69, 9.17) is 0 Å². The van der Waals surface area contributed by atoms with Crippen molar-refractivity contribution in [3.63, 3.8) is 0 Å². The van der Waals surface area contributed by atoms with E-state index in [1.54, 1.807) is 24.5 Å². The molecule has 0 bridgehead atoms. The standard InChI is InChI=1S/C26H24N4O4/c1-3-28(17-14-19-12-15-27-16-13-19)24-23(20-8-10-21(11-9-20)30(33)34)25(31)29(26(24)32)22-7-5-4-6-18(22)2/h4-13,15-16H,3,14,17H2,1-2H3. The smallest absolute Gasteiger partial charge is 0.282 e. The molecule has 3 aromatic rings. The molecule has 34 heavy (non-hydrogen) atoms. The molecule has 1 aromatic heterocycles. The number of pyridine rings is 1. The summed E-state index contributed by atoms with van der Waals surface area (Å²) in [4.78, 5) is 45.2. The number of imide groups is 1. The molecular weight excluding hydrogens is 432 g/mol. The van der Waals surface area contributed by atoms with E-state index in [2.05, 4.69) is 4.98 Å². The number of rotatable bonds is 8. The lowest BCUT2D eigenvalue weighted by atomic mass is 10.0. The monoisotopic (exact) mass is 456 g/mol. The number of hydrogen-bond donors (Lipinski definition) is 0. The Labute approximate surface area is 197 Å². The quantitative estimate of drug-likeness (QED) is 0.287. The molecule has 0 fully saturated rings. The van der Waals surface area contributed by atoms with Gasteiger partial charge in [0.15, 0.2) is 0 Å². The highest BCUT2D eigenvalue weighted by Crippen LogP contribution is 2.36. The minimum atomic E-state index is -0.493. The third-order valence-corrected chi connectivity index (χ3v) is 5.90. The summed E-state index contributed by atoms with van der Waals surface area (Å²) in [7, 11) is 0. The molecule has 0 saturated heterocycles. The van der Waals surface area contributed by atoms with Crippen LogP contribution in [0.3, 0.4) is 0 Å². The van der Waals surface area contributed by atoms with Gasteiger partial charge < -0.3 is 4.90 Å². The van der Waals surface area contributed by atoms with Crippen molar-refractivity contribution in [1.29, 1.82) is 0 Å². The van der Waals surface area contributed by atoms with Gasteiger partial charge in [-0.05, 0) is 67.3 Å². The van der Waals surface area contributed by atoms with Gasteiger partial charge in [0.25, 0.3) is 17.5 Å². The molecule has 172 valence electrons. The third-order valence-electron chi connectivity index (χ3n) is 5.90. The van der Waals surface area contributed by atoms with Crippen LogP contribution in [-0.2, 0) is 16.0 Å². The zero-order valence-electron chi connectivity index (χ0n) is 19.0. The molecule has 0 saturated carbocycles. The van der Waals surface area contributed by atoms with E-state index in [1.807, 2.05) is 43.0 Å². The van der Waals surface area contributed by atoms with Gasteiger partial charge in [-0.3, -0.25) is 24.7 Å². The van der Waals surface area contributed by atoms with Gasteiger partial charge in [0.05, 0.1) is 16.2 Å². The molecule has 2 amide bonds. The van der Waals surface area contributed by atoms with Crippen molar-refractivity contribution in [2.45, 2.75) is 20.3 Å². The highest BCUT2D eigenvalue weighted by atomic mass is 16.6. The van der Waals surface area contributed by atoms with Gasteiger partial charge in [-0.2, -0.15) is 0 Å². The second-order valence-corrected chi connectivity index (χ2v) is 7.94. The number of para-hydroxylation sites is 1. The number of nitro groups is 1. The van der Waals surface area contributed by atoms with Gasteiger partial charge in [0.1, 0.15) is 5.70 Å². The van der Waals surface area contributed by atoms with Gasteiger partial charge in [-0.1, -0.05) is 18.2 Å². The van der Waals surface area contributed by atoms with Crippen LogP contribution in [0.25, 0.3) is 5.57 Å². The Hall–Kier alpha value is -4.33. The van der Waals surface area contributed by atoms with Crippen LogP contribution >= 0.6 is 0 Å². The van der Waals surface area contributed by atoms with Crippen molar-refractivity contribution >= 4 is 28.8 Å². The first-order valence-corrected chi connectivity index (χ1v) is 11.0. The van der Waals surface area contributed by atoms with Crippen LogP contribution in [0.5, 0.6) is 0 Å². The number of nitrogens with zero attached hydrogens (tertiary/aromatic N) is 4. The second-order valence-electron chi connectivity index (χ2n) is 7.94. The third kappa shape index (κ3) is 4.30. The largest absolute Gasteiger partial charge is 0.366 e. The van der Waals surface area contributed by atoms with E-state index in [-0.39, 0.29) is 11.3 Å². The van der Waals surface area contributed by atoms with Crippen LogP contribution in [0.15, 0.2) is 78.8 Å². The summed E-state index contributed by atoms with van der Waals surface area (Å²) >= 11 is 0. The summed E-state index contributed by atoms with van der Waals surface area (Å²) in [5.74, 6) is -0.838. The highest BCUT2D eigenvalue weighted by Gasteiger charge is 2.42. The predicted octanol–water partition coefficient (Wildman–Crippen LogP) is 4.15. The fraction of sp³-hybridized carbons (Fsp3) is 0.192. The predicted molar refractivity (Wildman–Crippen MR) is 129 cm³/mol. The number of aromatic nitrogens is 1. The van der Waals surface area contributed by atoms with Crippen LogP contribution in [0.2, 0.25) is 0 Å². The Morgan fingerprint density at radius 3 is 2.26 bits per heavy atom. The van der Waals surface area contributed by atoms with Gasteiger partial charge in [0, 0.05) is 37.6 Å². The number of amides is 2. The highest BCUT2D eigenvalue weighted by molar-refractivity contribution is 6.45. The Morgan fingerprint density at radius 2 is 1.65 bits per heavy atom. The fourth-order valence-electron chi connectivity index (χ4n) is 4.10. The lowest BCUT2D eigenvalue weighted by Crippen LogP contribution is -2.36. The summed E-state index contributed by atoms with van der Waals surface area (Å²) in [6, 6.07) is 16.8. The lowest BCUT2D eigenvalue weighted by Gasteiger charge is -2.25. The summed E-state index contributed by atoms with van der Waals surface area (Å²) < 4.78 is 0. The van der Waals surface area contributed by atoms with E-state index in [0.717, 1.165) is 11.1 Å². The maximum absolute atomic E-state index is 13.7. The molecule has 1 aliphatic heterocycles. The number of nitro benzene ring substituents is 1. The maximum atomic E-state index is 13.7. The molecular formula is C26H24N4O4. The molecule has 0 unspecified atom stereocenters. The zero-order valence-corrected chi connectivity index (χ0v) is 19.0. The Kier molecular flexibility index (Phi) is 6.49. The van der Waals surface area contributed by atoms with E-state index in [9.17, 15) is 19.7 Å². The van der Waals surface area contributed by atoms with Crippen LogP contribution in [0, 0.1) is 17.0 Å².